The lowest BCUT2D eigenvalue weighted by Crippen LogP contribution is -2.05. The summed E-state index contributed by atoms with van der Waals surface area (Å²) in [6.45, 7) is 0. The van der Waals surface area contributed by atoms with Gasteiger partial charge in [0.15, 0.2) is 0 Å². The maximum Gasteiger partial charge on any atom is 0.0899 e. The number of fused-ring (bicyclic) bond motifs is 1. The third-order valence-corrected chi connectivity index (χ3v) is 3.86. The van der Waals surface area contributed by atoms with E-state index in [2.05, 4.69) is 18.2 Å². The van der Waals surface area contributed by atoms with Crippen LogP contribution < -0.4 is 0 Å². The molecule has 1 saturated carbocycles. The van der Waals surface area contributed by atoms with Crippen LogP contribution in [0.2, 0.25) is 0 Å². The molecule has 1 fully saturated rings. The molecule has 0 amide bonds. The van der Waals surface area contributed by atoms with Crippen LogP contribution in [-0.2, 0) is 18.4 Å². The van der Waals surface area contributed by atoms with Crippen molar-refractivity contribution in [2.45, 2.75) is 50.5 Å². The number of rotatable bonds is 1. The van der Waals surface area contributed by atoms with Crippen molar-refractivity contribution in [2.75, 3.05) is 0 Å². The van der Waals surface area contributed by atoms with Crippen LogP contribution in [0.15, 0.2) is 18.2 Å². The van der Waals surface area contributed by atoms with Crippen molar-refractivity contribution in [3.8, 4) is 0 Å². The lowest BCUT2D eigenvalue weighted by atomic mass is 9.97. The molecule has 1 heteroatoms. The molecule has 0 aliphatic heterocycles. The van der Waals surface area contributed by atoms with E-state index < -0.39 is 5.60 Å². The predicted molar refractivity (Wildman–Crippen MR) is 60.8 cm³/mol. The van der Waals surface area contributed by atoms with E-state index in [-0.39, 0.29) is 0 Å². The second-order valence-corrected chi connectivity index (χ2v) is 5.08. The first kappa shape index (κ1) is 9.41. The van der Waals surface area contributed by atoms with Crippen molar-refractivity contribution < 1.29 is 5.11 Å². The normalized spacial score (nSPS) is 23.0. The van der Waals surface area contributed by atoms with E-state index in [0.29, 0.717) is 0 Å². The van der Waals surface area contributed by atoms with Crippen LogP contribution in [0.1, 0.15) is 48.8 Å². The molecule has 0 heterocycles. The minimum Gasteiger partial charge on any atom is -0.385 e. The number of aliphatic hydroxyl groups is 1. The van der Waals surface area contributed by atoms with Gasteiger partial charge in [0.2, 0.25) is 0 Å². The van der Waals surface area contributed by atoms with E-state index >= 15 is 0 Å². The van der Waals surface area contributed by atoms with Crippen LogP contribution >= 0.6 is 0 Å². The van der Waals surface area contributed by atoms with Crippen LogP contribution in [-0.4, -0.2) is 5.11 Å². The van der Waals surface area contributed by atoms with Crippen LogP contribution in [0.5, 0.6) is 0 Å². The highest BCUT2D eigenvalue weighted by atomic mass is 16.3. The third-order valence-electron chi connectivity index (χ3n) is 3.86. The molecule has 0 aromatic heterocycles. The van der Waals surface area contributed by atoms with Crippen molar-refractivity contribution in [1.82, 2.24) is 0 Å². The second-order valence-electron chi connectivity index (χ2n) is 5.08. The summed E-state index contributed by atoms with van der Waals surface area (Å²) in [4.78, 5) is 0. The summed E-state index contributed by atoms with van der Waals surface area (Å²) < 4.78 is 0. The van der Waals surface area contributed by atoms with Gasteiger partial charge in [0.1, 0.15) is 0 Å². The highest BCUT2D eigenvalue weighted by Gasteiger charge is 2.42. The summed E-state index contributed by atoms with van der Waals surface area (Å²) in [5.41, 5.74) is 3.70. The summed E-state index contributed by atoms with van der Waals surface area (Å²) in [5, 5.41) is 10.1. The zero-order chi connectivity index (χ0) is 10.3. The highest BCUT2D eigenvalue weighted by molar-refractivity contribution is 5.37. The molecule has 1 N–H and O–H groups in total. The largest absolute Gasteiger partial charge is 0.385 e. The highest BCUT2D eigenvalue weighted by Crippen LogP contribution is 2.45. The minimum atomic E-state index is -0.457. The maximum atomic E-state index is 10.1. The van der Waals surface area contributed by atoms with Gasteiger partial charge >= 0.3 is 0 Å². The van der Waals surface area contributed by atoms with E-state index in [9.17, 15) is 5.11 Å². The molecule has 0 bridgehead atoms. The fourth-order valence-electron chi connectivity index (χ4n) is 2.61. The molecule has 0 atom stereocenters. The Morgan fingerprint density at radius 1 is 0.933 bits per heavy atom. The Labute approximate surface area is 91.1 Å². The van der Waals surface area contributed by atoms with E-state index in [1.165, 1.54) is 43.2 Å². The first-order valence-electron chi connectivity index (χ1n) is 6.13. The van der Waals surface area contributed by atoms with Crippen molar-refractivity contribution >= 4 is 0 Å². The van der Waals surface area contributed by atoms with E-state index in [4.69, 9.17) is 0 Å². The van der Waals surface area contributed by atoms with Crippen LogP contribution in [0, 0.1) is 0 Å². The molecule has 1 aromatic carbocycles. The minimum absolute atomic E-state index is 0.457. The maximum absolute atomic E-state index is 10.1. The molecule has 0 radical (unpaired) electrons. The lowest BCUT2D eigenvalue weighted by Gasteiger charge is -2.12. The Morgan fingerprint density at radius 3 is 2.40 bits per heavy atom. The monoisotopic (exact) mass is 202 g/mol. The van der Waals surface area contributed by atoms with Gasteiger partial charge in [-0.05, 0) is 55.2 Å². The van der Waals surface area contributed by atoms with Gasteiger partial charge in [-0.2, -0.15) is 0 Å². The van der Waals surface area contributed by atoms with Crippen molar-refractivity contribution in [1.29, 1.82) is 0 Å². The van der Waals surface area contributed by atoms with Crippen molar-refractivity contribution in [3.63, 3.8) is 0 Å². The number of hydrogen-bond donors (Lipinski definition) is 1. The summed E-state index contributed by atoms with van der Waals surface area (Å²) in [6.07, 6.45) is 8.34. The van der Waals surface area contributed by atoms with Crippen molar-refractivity contribution in [2.24, 2.45) is 0 Å². The quantitative estimate of drug-likeness (QED) is 0.694. The Bertz CT molecular complexity index is 377. The molecule has 1 nitrogen and oxygen atoms in total. The number of aryl methyl sites for hydroxylation is 2. The van der Waals surface area contributed by atoms with Gasteiger partial charge in [0.25, 0.3) is 0 Å². The second kappa shape index (κ2) is 3.34. The Hall–Kier alpha value is -0.820. The molecule has 15 heavy (non-hydrogen) atoms. The zero-order valence-electron chi connectivity index (χ0n) is 9.13. The van der Waals surface area contributed by atoms with Gasteiger partial charge < -0.3 is 5.11 Å². The zero-order valence-corrected chi connectivity index (χ0v) is 9.13. The summed E-state index contributed by atoms with van der Waals surface area (Å²) in [7, 11) is 0. The fourth-order valence-corrected chi connectivity index (χ4v) is 2.61. The molecule has 80 valence electrons. The Balaban J connectivity index is 1.97. The van der Waals surface area contributed by atoms with E-state index in [1.807, 2.05) is 0 Å². The Morgan fingerprint density at radius 2 is 1.67 bits per heavy atom. The van der Waals surface area contributed by atoms with Crippen LogP contribution in [0.4, 0.5) is 0 Å². The fraction of sp³-hybridized carbons (Fsp3) is 0.571. The SMILES string of the molecule is OC1(c2ccc3c(c2)CCCCC3)CC1. The first-order valence-corrected chi connectivity index (χ1v) is 6.13. The molecular formula is C14H18O. The third kappa shape index (κ3) is 1.69. The van der Waals surface area contributed by atoms with Gasteiger partial charge in [-0.25, -0.2) is 0 Å². The summed E-state index contributed by atoms with van der Waals surface area (Å²) in [5.74, 6) is 0. The van der Waals surface area contributed by atoms with Gasteiger partial charge in [0, 0.05) is 0 Å². The molecule has 1 aromatic rings. The average molecular weight is 202 g/mol. The summed E-state index contributed by atoms with van der Waals surface area (Å²) >= 11 is 0. The molecule has 0 saturated heterocycles. The molecule has 0 spiro atoms. The number of benzene rings is 1. The summed E-state index contributed by atoms with van der Waals surface area (Å²) in [6, 6.07) is 6.64. The van der Waals surface area contributed by atoms with Gasteiger partial charge in [-0.1, -0.05) is 24.6 Å². The standard InChI is InChI=1S/C14H18O/c15-14(8-9-14)13-7-6-11-4-2-1-3-5-12(11)10-13/h6-7,10,15H,1-5,8-9H2. The predicted octanol–water partition coefficient (Wildman–Crippen LogP) is 2.94. The number of hydrogen-bond acceptors (Lipinski definition) is 1. The van der Waals surface area contributed by atoms with Gasteiger partial charge in [0.05, 0.1) is 5.60 Å². The first-order chi connectivity index (χ1) is 7.28. The Kier molecular flexibility index (Phi) is 2.10. The molecule has 2 aliphatic carbocycles. The van der Waals surface area contributed by atoms with Gasteiger partial charge in [-0.15, -0.1) is 0 Å². The lowest BCUT2D eigenvalue weighted by molar-refractivity contribution is 0.151. The van der Waals surface area contributed by atoms with Crippen LogP contribution in [0.25, 0.3) is 0 Å². The molecule has 3 rings (SSSR count). The van der Waals surface area contributed by atoms with E-state index in [0.717, 1.165) is 18.4 Å². The topological polar surface area (TPSA) is 20.2 Å². The smallest absolute Gasteiger partial charge is 0.0899 e. The van der Waals surface area contributed by atoms with Crippen molar-refractivity contribution in [3.05, 3.63) is 34.9 Å². The molecular weight excluding hydrogens is 184 g/mol. The van der Waals surface area contributed by atoms with Crippen LogP contribution in [0.3, 0.4) is 0 Å². The average Bonchev–Trinajstić information content (AvgIpc) is 3.01. The van der Waals surface area contributed by atoms with Gasteiger partial charge in [-0.3, -0.25) is 0 Å². The molecule has 2 aliphatic rings. The molecule has 0 unspecified atom stereocenters. The van der Waals surface area contributed by atoms with E-state index in [1.54, 1.807) is 0 Å².